The second-order valence-corrected chi connectivity index (χ2v) is 6.48. The number of nitriles is 1. The third-order valence-electron chi connectivity index (χ3n) is 4.41. The third kappa shape index (κ3) is 5.19. The van der Waals surface area contributed by atoms with E-state index in [1.54, 1.807) is 54.4 Å². The minimum atomic E-state index is -0.132. The first-order valence-electron chi connectivity index (χ1n) is 9.27. The highest BCUT2D eigenvalue weighted by Gasteiger charge is 2.14. The molecule has 0 radical (unpaired) electrons. The van der Waals surface area contributed by atoms with E-state index in [1.165, 1.54) is 0 Å². The van der Waals surface area contributed by atoms with E-state index in [2.05, 4.69) is 12.0 Å². The van der Waals surface area contributed by atoms with Crippen molar-refractivity contribution in [2.45, 2.75) is 6.61 Å². The standard InChI is InChI=1S/C25H20N2O3/c1-3-15-29-23-13-9-22(10-14-23)27(2)25(28)21-6-4-5-20(16-21)18-30-24-11-7-19(17-26)8-12-24/h1,4-14,16H,15,18H2,2H3. The fourth-order valence-electron chi connectivity index (χ4n) is 2.79. The molecule has 0 fully saturated rings. The highest BCUT2D eigenvalue weighted by molar-refractivity contribution is 6.05. The Bertz CT molecular complexity index is 1090. The van der Waals surface area contributed by atoms with Gasteiger partial charge in [0.25, 0.3) is 5.91 Å². The molecule has 3 aromatic carbocycles. The van der Waals surface area contributed by atoms with Gasteiger partial charge in [-0.2, -0.15) is 5.26 Å². The van der Waals surface area contributed by atoms with Crippen LogP contribution in [0.25, 0.3) is 0 Å². The first-order chi connectivity index (χ1) is 14.6. The second-order valence-electron chi connectivity index (χ2n) is 6.48. The van der Waals surface area contributed by atoms with Crippen LogP contribution >= 0.6 is 0 Å². The number of ether oxygens (including phenoxy) is 2. The van der Waals surface area contributed by atoms with Crippen LogP contribution in [-0.4, -0.2) is 19.6 Å². The van der Waals surface area contributed by atoms with Gasteiger partial charge in [-0.15, -0.1) is 6.42 Å². The Hall–Kier alpha value is -4.22. The van der Waals surface area contributed by atoms with Crippen molar-refractivity contribution in [2.24, 2.45) is 0 Å². The lowest BCUT2D eigenvalue weighted by molar-refractivity contribution is 0.0993. The summed E-state index contributed by atoms with van der Waals surface area (Å²) in [5.74, 6) is 3.60. The molecule has 0 N–H and O–H groups in total. The summed E-state index contributed by atoms with van der Waals surface area (Å²) in [5.41, 5.74) is 2.75. The zero-order valence-electron chi connectivity index (χ0n) is 16.5. The average molecular weight is 396 g/mol. The van der Waals surface area contributed by atoms with Gasteiger partial charge in [-0.3, -0.25) is 4.79 Å². The monoisotopic (exact) mass is 396 g/mol. The fraction of sp³-hybridized carbons (Fsp3) is 0.120. The average Bonchev–Trinajstić information content (AvgIpc) is 2.81. The van der Waals surface area contributed by atoms with Gasteiger partial charge in [0.1, 0.15) is 24.7 Å². The largest absolute Gasteiger partial charge is 0.489 e. The van der Waals surface area contributed by atoms with Crippen LogP contribution in [0.2, 0.25) is 0 Å². The van der Waals surface area contributed by atoms with Crippen molar-refractivity contribution in [3.8, 4) is 29.9 Å². The van der Waals surface area contributed by atoms with E-state index in [4.69, 9.17) is 21.2 Å². The Kier molecular flexibility index (Phi) is 6.71. The van der Waals surface area contributed by atoms with Gasteiger partial charge in [0.2, 0.25) is 0 Å². The van der Waals surface area contributed by atoms with E-state index in [0.29, 0.717) is 29.2 Å². The molecule has 0 spiro atoms. The van der Waals surface area contributed by atoms with Gasteiger partial charge in [-0.25, -0.2) is 0 Å². The summed E-state index contributed by atoms with van der Waals surface area (Å²) < 4.78 is 11.1. The molecule has 0 bridgehead atoms. The number of benzene rings is 3. The molecule has 0 aliphatic carbocycles. The Balaban J connectivity index is 1.65. The summed E-state index contributed by atoms with van der Waals surface area (Å²) in [6.45, 7) is 0.517. The van der Waals surface area contributed by atoms with Gasteiger partial charge in [0.15, 0.2) is 0 Å². The molecule has 5 heteroatoms. The van der Waals surface area contributed by atoms with Crippen molar-refractivity contribution in [3.63, 3.8) is 0 Å². The number of nitrogens with zero attached hydrogens (tertiary/aromatic N) is 2. The number of carbonyl (C=O) groups is 1. The summed E-state index contributed by atoms with van der Waals surface area (Å²) in [5, 5.41) is 8.85. The molecule has 0 aliphatic heterocycles. The van der Waals surface area contributed by atoms with Crippen molar-refractivity contribution in [3.05, 3.63) is 89.5 Å². The maximum Gasteiger partial charge on any atom is 0.258 e. The third-order valence-corrected chi connectivity index (χ3v) is 4.41. The van der Waals surface area contributed by atoms with Crippen LogP contribution < -0.4 is 14.4 Å². The SMILES string of the molecule is C#CCOc1ccc(N(C)C(=O)c2cccc(COc3ccc(C#N)cc3)c2)cc1. The molecule has 30 heavy (non-hydrogen) atoms. The molecule has 3 aromatic rings. The lowest BCUT2D eigenvalue weighted by Crippen LogP contribution is -2.26. The van der Waals surface area contributed by atoms with E-state index in [0.717, 1.165) is 11.3 Å². The topological polar surface area (TPSA) is 62.6 Å². The molecule has 148 valence electrons. The van der Waals surface area contributed by atoms with Crippen molar-refractivity contribution >= 4 is 11.6 Å². The molecule has 0 saturated carbocycles. The Labute approximate surface area is 176 Å². The Morgan fingerprint density at radius 1 is 1.00 bits per heavy atom. The van der Waals surface area contributed by atoms with E-state index < -0.39 is 0 Å². The lowest BCUT2D eigenvalue weighted by Gasteiger charge is -2.18. The number of rotatable bonds is 7. The molecular formula is C25H20N2O3. The molecular weight excluding hydrogens is 376 g/mol. The number of terminal acetylenes is 1. The van der Waals surface area contributed by atoms with Crippen molar-refractivity contribution in [1.82, 2.24) is 0 Å². The normalized spacial score (nSPS) is 9.83. The van der Waals surface area contributed by atoms with Crippen LogP contribution in [0.1, 0.15) is 21.5 Å². The zero-order chi connectivity index (χ0) is 21.3. The van der Waals surface area contributed by atoms with Crippen LogP contribution in [0.15, 0.2) is 72.8 Å². The zero-order valence-corrected chi connectivity index (χ0v) is 16.5. The summed E-state index contributed by atoms with van der Waals surface area (Å²) >= 11 is 0. The number of anilines is 1. The van der Waals surface area contributed by atoms with E-state index in [1.807, 2.05) is 30.3 Å². The van der Waals surface area contributed by atoms with Gasteiger partial charge in [-0.05, 0) is 66.2 Å². The summed E-state index contributed by atoms with van der Waals surface area (Å²) in [4.78, 5) is 14.5. The van der Waals surface area contributed by atoms with Gasteiger partial charge in [0, 0.05) is 18.3 Å². The predicted octanol–water partition coefficient (Wildman–Crippen LogP) is 4.43. The minimum Gasteiger partial charge on any atom is -0.489 e. The molecule has 0 saturated heterocycles. The van der Waals surface area contributed by atoms with Crippen LogP contribution in [0.5, 0.6) is 11.5 Å². The molecule has 0 aromatic heterocycles. The maximum atomic E-state index is 12.9. The molecule has 0 heterocycles. The predicted molar refractivity (Wildman–Crippen MR) is 115 cm³/mol. The molecule has 0 unspecified atom stereocenters. The van der Waals surface area contributed by atoms with Crippen molar-refractivity contribution < 1.29 is 14.3 Å². The van der Waals surface area contributed by atoms with E-state index >= 15 is 0 Å². The first kappa shape index (κ1) is 20.5. The van der Waals surface area contributed by atoms with Crippen LogP contribution in [0.3, 0.4) is 0 Å². The van der Waals surface area contributed by atoms with Gasteiger partial charge < -0.3 is 14.4 Å². The molecule has 0 aliphatic rings. The summed E-state index contributed by atoms with van der Waals surface area (Å²) in [6, 6.07) is 23.5. The molecule has 1 amide bonds. The number of hydrogen-bond donors (Lipinski definition) is 0. The summed E-state index contributed by atoms with van der Waals surface area (Å²) in [7, 11) is 1.72. The van der Waals surface area contributed by atoms with Gasteiger partial charge >= 0.3 is 0 Å². The fourth-order valence-corrected chi connectivity index (χ4v) is 2.79. The maximum absolute atomic E-state index is 12.9. The number of hydrogen-bond acceptors (Lipinski definition) is 4. The Morgan fingerprint density at radius 3 is 2.33 bits per heavy atom. The molecule has 0 atom stereocenters. The van der Waals surface area contributed by atoms with Gasteiger partial charge in [0.05, 0.1) is 11.6 Å². The quantitative estimate of drug-likeness (QED) is 0.555. The summed E-state index contributed by atoms with van der Waals surface area (Å²) in [6.07, 6.45) is 5.19. The van der Waals surface area contributed by atoms with Crippen molar-refractivity contribution in [1.29, 1.82) is 5.26 Å². The molecule has 3 rings (SSSR count). The highest BCUT2D eigenvalue weighted by Crippen LogP contribution is 2.21. The minimum absolute atomic E-state index is 0.132. The van der Waals surface area contributed by atoms with Crippen molar-refractivity contribution in [2.75, 3.05) is 18.6 Å². The van der Waals surface area contributed by atoms with E-state index in [-0.39, 0.29) is 12.5 Å². The number of carbonyl (C=O) groups excluding carboxylic acids is 1. The van der Waals surface area contributed by atoms with E-state index in [9.17, 15) is 4.79 Å². The van der Waals surface area contributed by atoms with Gasteiger partial charge in [-0.1, -0.05) is 18.1 Å². The van der Waals surface area contributed by atoms with Crippen LogP contribution in [0, 0.1) is 23.7 Å². The highest BCUT2D eigenvalue weighted by atomic mass is 16.5. The van der Waals surface area contributed by atoms with Crippen LogP contribution in [-0.2, 0) is 6.61 Å². The van der Waals surface area contributed by atoms with Crippen LogP contribution in [0.4, 0.5) is 5.69 Å². The second kappa shape index (κ2) is 9.82. The lowest BCUT2D eigenvalue weighted by atomic mass is 10.1. The number of amides is 1. The smallest absolute Gasteiger partial charge is 0.258 e. The molecule has 5 nitrogen and oxygen atoms in total. The Morgan fingerprint density at radius 2 is 1.67 bits per heavy atom. The first-order valence-corrected chi connectivity index (χ1v) is 9.27.